The molecular formula is C26H21Cl2NO3. The molecule has 0 N–H and O–H groups in total. The molecule has 2 heterocycles. The van der Waals surface area contributed by atoms with Crippen LogP contribution in [-0.2, 0) is 13.0 Å². The summed E-state index contributed by atoms with van der Waals surface area (Å²) < 4.78 is 11.9. The standard InChI is InChI=1S/C26H21Cl2NO3/c1-16-20-10-11-23-21(14-29(15-31-23)13-12-17-4-2-3-5-22(17)28)25(20)32-26(30)24(16)18-6-8-19(27)9-7-18/h2-11H,12-15H2,1H3. The van der Waals surface area contributed by atoms with Gasteiger partial charge in [0.15, 0.2) is 0 Å². The molecule has 4 aromatic rings. The lowest BCUT2D eigenvalue weighted by atomic mass is 9.97. The van der Waals surface area contributed by atoms with Crippen molar-refractivity contribution in [2.45, 2.75) is 19.9 Å². The fourth-order valence-corrected chi connectivity index (χ4v) is 4.60. The van der Waals surface area contributed by atoms with E-state index in [1.165, 1.54) is 0 Å². The molecule has 6 heteroatoms. The second-order valence-corrected chi connectivity index (χ2v) is 8.83. The van der Waals surface area contributed by atoms with Gasteiger partial charge in [0.2, 0.25) is 0 Å². The molecule has 32 heavy (non-hydrogen) atoms. The van der Waals surface area contributed by atoms with E-state index in [-0.39, 0.29) is 5.63 Å². The molecule has 3 aromatic carbocycles. The Bertz CT molecular complexity index is 1360. The fourth-order valence-electron chi connectivity index (χ4n) is 4.24. The zero-order chi connectivity index (χ0) is 22.2. The van der Waals surface area contributed by atoms with E-state index in [1.807, 2.05) is 55.5 Å². The Kier molecular flexibility index (Phi) is 5.68. The SMILES string of the molecule is Cc1c(-c2ccc(Cl)cc2)c(=O)oc2c3c(ccc12)OCN(CCc1ccccc1Cl)C3. The average Bonchev–Trinajstić information content (AvgIpc) is 2.79. The molecule has 0 fully saturated rings. The normalized spacial score (nSPS) is 13.7. The summed E-state index contributed by atoms with van der Waals surface area (Å²) in [5.74, 6) is 0.758. The van der Waals surface area contributed by atoms with E-state index in [4.69, 9.17) is 32.4 Å². The molecule has 0 unspecified atom stereocenters. The number of rotatable bonds is 4. The maximum atomic E-state index is 13.0. The van der Waals surface area contributed by atoms with Crippen molar-refractivity contribution < 1.29 is 9.15 Å². The largest absolute Gasteiger partial charge is 0.478 e. The van der Waals surface area contributed by atoms with Gasteiger partial charge in [0, 0.05) is 28.5 Å². The van der Waals surface area contributed by atoms with E-state index in [0.29, 0.717) is 29.4 Å². The van der Waals surface area contributed by atoms with Crippen LogP contribution in [-0.4, -0.2) is 18.2 Å². The van der Waals surface area contributed by atoms with Crippen molar-refractivity contribution in [3.63, 3.8) is 0 Å². The Hall–Kier alpha value is -2.79. The first kappa shape index (κ1) is 21.1. The summed E-state index contributed by atoms with van der Waals surface area (Å²) in [5, 5.41) is 2.30. The van der Waals surface area contributed by atoms with Crippen LogP contribution in [0.1, 0.15) is 16.7 Å². The molecule has 1 aliphatic heterocycles. The van der Waals surface area contributed by atoms with Crippen molar-refractivity contribution in [1.82, 2.24) is 4.90 Å². The summed E-state index contributed by atoms with van der Waals surface area (Å²) in [6.07, 6.45) is 0.812. The molecule has 0 bridgehead atoms. The minimum atomic E-state index is -0.362. The molecule has 1 aliphatic rings. The average molecular weight is 466 g/mol. The first-order chi connectivity index (χ1) is 15.5. The zero-order valence-corrected chi connectivity index (χ0v) is 19.0. The Morgan fingerprint density at radius 1 is 1.00 bits per heavy atom. The van der Waals surface area contributed by atoms with Crippen LogP contribution >= 0.6 is 23.2 Å². The molecule has 1 aromatic heterocycles. The van der Waals surface area contributed by atoms with E-state index < -0.39 is 0 Å². The number of hydrogen-bond donors (Lipinski definition) is 0. The predicted molar refractivity (Wildman–Crippen MR) is 129 cm³/mol. The van der Waals surface area contributed by atoms with Crippen molar-refractivity contribution in [2.75, 3.05) is 13.3 Å². The highest BCUT2D eigenvalue weighted by molar-refractivity contribution is 6.31. The second-order valence-electron chi connectivity index (χ2n) is 7.98. The van der Waals surface area contributed by atoms with Crippen LogP contribution in [0.2, 0.25) is 10.0 Å². The first-order valence-electron chi connectivity index (χ1n) is 10.4. The van der Waals surface area contributed by atoms with E-state index >= 15 is 0 Å². The molecule has 0 radical (unpaired) electrons. The van der Waals surface area contributed by atoms with Gasteiger partial charge < -0.3 is 9.15 Å². The molecule has 0 amide bonds. The molecule has 162 valence electrons. The number of halogens is 2. The highest BCUT2D eigenvalue weighted by Gasteiger charge is 2.23. The van der Waals surface area contributed by atoms with E-state index in [1.54, 1.807) is 12.1 Å². The summed E-state index contributed by atoms with van der Waals surface area (Å²) in [6.45, 7) is 3.86. The highest BCUT2D eigenvalue weighted by atomic mass is 35.5. The number of aryl methyl sites for hydroxylation is 1. The van der Waals surface area contributed by atoms with Gasteiger partial charge in [-0.2, -0.15) is 0 Å². The Balaban J connectivity index is 1.49. The van der Waals surface area contributed by atoms with Crippen molar-refractivity contribution in [3.8, 4) is 16.9 Å². The lowest BCUT2D eigenvalue weighted by Gasteiger charge is -2.29. The van der Waals surface area contributed by atoms with E-state index in [9.17, 15) is 4.79 Å². The summed E-state index contributed by atoms with van der Waals surface area (Å²) in [4.78, 5) is 15.2. The van der Waals surface area contributed by atoms with Gasteiger partial charge in [-0.1, -0.05) is 53.5 Å². The van der Waals surface area contributed by atoms with Crippen LogP contribution in [0.3, 0.4) is 0 Å². The van der Waals surface area contributed by atoms with Crippen LogP contribution in [0.25, 0.3) is 22.1 Å². The minimum Gasteiger partial charge on any atom is -0.478 e. The van der Waals surface area contributed by atoms with Crippen LogP contribution in [0.15, 0.2) is 69.9 Å². The van der Waals surface area contributed by atoms with Gasteiger partial charge in [-0.05, 0) is 60.4 Å². The second kappa shape index (κ2) is 8.62. The van der Waals surface area contributed by atoms with Crippen LogP contribution in [0.4, 0.5) is 0 Å². The first-order valence-corrected chi connectivity index (χ1v) is 11.2. The maximum Gasteiger partial charge on any atom is 0.344 e. The van der Waals surface area contributed by atoms with Crippen LogP contribution in [0, 0.1) is 6.92 Å². The minimum absolute atomic E-state index is 0.362. The lowest BCUT2D eigenvalue weighted by molar-refractivity contribution is 0.0968. The van der Waals surface area contributed by atoms with Gasteiger partial charge in [-0.25, -0.2) is 4.79 Å². The molecule has 0 spiro atoms. The highest BCUT2D eigenvalue weighted by Crippen LogP contribution is 2.35. The Labute approximate surface area is 195 Å². The quantitative estimate of drug-likeness (QED) is 0.324. The predicted octanol–water partition coefficient (Wildman–Crippen LogP) is 6.47. The molecule has 0 aliphatic carbocycles. The van der Waals surface area contributed by atoms with Gasteiger partial charge in [0.25, 0.3) is 0 Å². The third kappa shape index (κ3) is 3.90. The molecular weight excluding hydrogens is 445 g/mol. The third-order valence-corrected chi connectivity index (χ3v) is 6.59. The summed E-state index contributed by atoms with van der Waals surface area (Å²) in [7, 11) is 0. The Morgan fingerprint density at radius 3 is 2.56 bits per heavy atom. The Morgan fingerprint density at radius 2 is 1.78 bits per heavy atom. The molecule has 0 saturated heterocycles. The monoisotopic (exact) mass is 465 g/mol. The topological polar surface area (TPSA) is 42.7 Å². The summed E-state index contributed by atoms with van der Waals surface area (Å²) in [5.41, 5.74) is 4.46. The smallest absolute Gasteiger partial charge is 0.344 e. The number of ether oxygens (including phenoxy) is 1. The lowest BCUT2D eigenvalue weighted by Crippen LogP contribution is -2.33. The number of benzene rings is 3. The third-order valence-electron chi connectivity index (χ3n) is 5.97. The van der Waals surface area contributed by atoms with Gasteiger partial charge in [-0.15, -0.1) is 0 Å². The number of nitrogens with zero attached hydrogens (tertiary/aromatic N) is 1. The molecule has 0 atom stereocenters. The van der Waals surface area contributed by atoms with Gasteiger partial charge in [0.1, 0.15) is 18.1 Å². The summed E-state index contributed by atoms with van der Waals surface area (Å²) in [6, 6.07) is 19.0. The molecule has 0 saturated carbocycles. The van der Waals surface area contributed by atoms with E-state index in [0.717, 1.165) is 51.4 Å². The summed E-state index contributed by atoms with van der Waals surface area (Å²) >= 11 is 12.3. The number of fused-ring (bicyclic) bond motifs is 3. The maximum absolute atomic E-state index is 13.0. The van der Waals surface area contributed by atoms with Gasteiger partial charge in [0.05, 0.1) is 11.1 Å². The van der Waals surface area contributed by atoms with Crippen molar-refractivity contribution >= 4 is 34.2 Å². The van der Waals surface area contributed by atoms with Crippen molar-refractivity contribution in [2.24, 2.45) is 0 Å². The van der Waals surface area contributed by atoms with E-state index in [2.05, 4.69) is 4.90 Å². The zero-order valence-electron chi connectivity index (χ0n) is 17.5. The molecule has 5 rings (SSSR count). The van der Waals surface area contributed by atoms with Crippen molar-refractivity contribution in [1.29, 1.82) is 0 Å². The number of hydrogen-bond acceptors (Lipinski definition) is 4. The molecule has 4 nitrogen and oxygen atoms in total. The van der Waals surface area contributed by atoms with Crippen molar-refractivity contribution in [3.05, 3.63) is 97.8 Å². The van der Waals surface area contributed by atoms with Gasteiger partial charge in [-0.3, -0.25) is 4.90 Å². The van der Waals surface area contributed by atoms with Crippen LogP contribution < -0.4 is 10.4 Å². The fraction of sp³-hybridized carbons (Fsp3) is 0.192. The van der Waals surface area contributed by atoms with Gasteiger partial charge >= 0.3 is 5.63 Å². The van der Waals surface area contributed by atoms with Crippen LogP contribution in [0.5, 0.6) is 5.75 Å².